The largest absolute Gasteiger partial charge is 0.375 e. The number of para-hydroxylation sites is 1. The third kappa shape index (κ3) is 3.65. The van der Waals surface area contributed by atoms with Crippen LogP contribution in [0.1, 0.15) is 10.5 Å². The molecule has 0 spiro atoms. The highest BCUT2D eigenvalue weighted by molar-refractivity contribution is 7.99. The zero-order valence-electron chi connectivity index (χ0n) is 9.47. The Morgan fingerprint density at radius 3 is 2.79 bits per heavy atom. The molecule has 1 aromatic carbocycles. The van der Waals surface area contributed by atoms with Crippen molar-refractivity contribution in [1.82, 2.24) is 4.98 Å². The molecule has 0 atom stereocenters. The van der Waals surface area contributed by atoms with E-state index in [4.69, 9.17) is 5.73 Å². The number of aromatic nitrogens is 1. The normalized spacial score (nSPS) is 10.7. The summed E-state index contributed by atoms with van der Waals surface area (Å²) < 4.78 is 24.8. The monoisotopic (exact) mass is 301 g/mol. The maximum atomic E-state index is 12.4. The van der Waals surface area contributed by atoms with Crippen LogP contribution in [0.15, 0.2) is 34.5 Å². The third-order valence-corrected chi connectivity index (χ3v) is 3.57. The summed E-state index contributed by atoms with van der Waals surface area (Å²) in [5.41, 5.74) is 5.92. The number of rotatable bonds is 4. The first-order valence-corrected chi connectivity index (χ1v) is 6.88. The van der Waals surface area contributed by atoms with E-state index in [2.05, 4.69) is 10.3 Å². The van der Waals surface area contributed by atoms with E-state index < -0.39 is 11.7 Å². The Morgan fingerprint density at radius 1 is 1.42 bits per heavy atom. The number of nitrogen functional groups attached to an aromatic ring is 1. The number of hydrogen-bond donors (Lipinski definition) is 2. The molecule has 0 aliphatic carbocycles. The van der Waals surface area contributed by atoms with Gasteiger partial charge >= 0.3 is 0 Å². The number of amides is 1. The molecule has 0 aliphatic rings. The zero-order valence-corrected chi connectivity index (χ0v) is 11.1. The molecule has 100 valence electrons. The standard InChI is InChI=1S/C11H9F2N3OS2/c12-10(13)19-8-4-2-1-3-6(8)15-9(17)7-5-18-11(14)16-7/h1-5,10H,(H2,14,16)(H,15,17). The number of hydrogen-bond acceptors (Lipinski definition) is 5. The second-order valence-electron chi connectivity index (χ2n) is 3.40. The molecule has 0 radical (unpaired) electrons. The average molecular weight is 301 g/mol. The molecule has 0 bridgehead atoms. The van der Waals surface area contributed by atoms with Crippen LogP contribution in [0.25, 0.3) is 0 Å². The Hall–Kier alpha value is -1.67. The molecule has 0 fully saturated rings. The Kier molecular flexibility index (Phi) is 4.33. The number of nitrogens with two attached hydrogens (primary N) is 1. The van der Waals surface area contributed by atoms with Gasteiger partial charge in [-0.05, 0) is 12.1 Å². The van der Waals surface area contributed by atoms with Crippen LogP contribution in [0.3, 0.4) is 0 Å². The summed E-state index contributed by atoms with van der Waals surface area (Å²) in [5, 5.41) is 4.33. The summed E-state index contributed by atoms with van der Waals surface area (Å²) in [5.74, 6) is -3.02. The zero-order chi connectivity index (χ0) is 13.8. The fourth-order valence-electron chi connectivity index (χ4n) is 1.35. The number of carbonyl (C=O) groups is 1. The Balaban J connectivity index is 2.16. The van der Waals surface area contributed by atoms with Gasteiger partial charge in [0, 0.05) is 10.3 Å². The van der Waals surface area contributed by atoms with Crippen molar-refractivity contribution >= 4 is 39.8 Å². The number of benzene rings is 1. The molecule has 0 aliphatic heterocycles. The highest BCUT2D eigenvalue weighted by atomic mass is 32.2. The molecule has 0 saturated carbocycles. The van der Waals surface area contributed by atoms with Crippen LogP contribution in [0.5, 0.6) is 0 Å². The van der Waals surface area contributed by atoms with Crippen molar-refractivity contribution in [2.24, 2.45) is 0 Å². The lowest BCUT2D eigenvalue weighted by molar-refractivity contribution is 0.102. The highest BCUT2D eigenvalue weighted by Crippen LogP contribution is 2.31. The van der Waals surface area contributed by atoms with Gasteiger partial charge in [-0.15, -0.1) is 11.3 Å². The van der Waals surface area contributed by atoms with E-state index in [9.17, 15) is 13.6 Å². The quantitative estimate of drug-likeness (QED) is 0.850. The van der Waals surface area contributed by atoms with Gasteiger partial charge in [-0.25, -0.2) is 4.98 Å². The average Bonchev–Trinajstić information content (AvgIpc) is 2.78. The van der Waals surface area contributed by atoms with E-state index in [1.54, 1.807) is 18.2 Å². The first-order chi connectivity index (χ1) is 9.06. The van der Waals surface area contributed by atoms with Gasteiger partial charge in [0.2, 0.25) is 0 Å². The van der Waals surface area contributed by atoms with E-state index in [-0.39, 0.29) is 10.8 Å². The van der Waals surface area contributed by atoms with Gasteiger partial charge < -0.3 is 11.1 Å². The lowest BCUT2D eigenvalue weighted by Gasteiger charge is -2.09. The molecule has 1 heterocycles. The minimum Gasteiger partial charge on any atom is -0.375 e. The maximum Gasteiger partial charge on any atom is 0.288 e. The van der Waals surface area contributed by atoms with E-state index in [1.807, 2.05) is 0 Å². The fourth-order valence-corrected chi connectivity index (χ4v) is 2.49. The number of nitrogens with zero attached hydrogens (tertiary/aromatic N) is 1. The van der Waals surface area contributed by atoms with Crippen molar-refractivity contribution in [3.63, 3.8) is 0 Å². The van der Waals surface area contributed by atoms with Crippen LogP contribution in [-0.4, -0.2) is 16.6 Å². The number of nitrogens with one attached hydrogen (secondary N) is 1. The summed E-state index contributed by atoms with van der Waals surface area (Å²) >= 11 is 1.52. The molecule has 2 aromatic rings. The number of halogens is 2. The van der Waals surface area contributed by atoms with E-state index in [0.29, 0.717) is 22.3 Å². The van der Waals surface area contributed by atoms with Crippen LogP contribution in [0, 0.1) is 0 Å². The molecule has 2 rings (SSSR count). The first kappa shape index (κ1) is 13.8. The van der Waals surface area contributed by atoms with Gasteiger partial charge in [0.15, 0.2) is 5.13 Å². The molecule has 4 nitrogen and oxygen atoms in total. The molecule has 1 amide bonds. The number of thiazole rings is 1. The van der Waals surface area contributed by atoms with Crippen LogP contribution in [0.2, 0.25) is 0 Å². The lowest BCUT2D eigenvalue weighted by atomic mass is 10.3. The van der Waals surface area contributed by atoms with Gasteiger partial charge in [-0.3, -0.25) is 4.79 Å². The smallest absolute Gasteiger partial charge is 0.288 e. The Labute approximate surface area is 116 Å². The molecule has 0 saturated heterocycles. The molecule has 0 unspecified atom stereocenters. The SMILES string of the molecule is Nc1nc(C(=O)Nc2ccccc2SC(F)F)cs1. The topological polar surface area (TPSA) is 68.0 Å². The highest BCUT2D eigenvalue weighted by Gasteiger charge is 2.14. The number of carbonyl (C=O) groups excluding carboxylic acids is 1. The van der Waals surface area contributed by atoms with Crippen molar-refractivity contribution in [2.75, 3.05) is 11.1 Å². The second kappa shape index (κ2) is 5.98. The van der Waals surface area contributed by atoms with Gasteiger partial charge in [0.1, 0.15) is 5.69 Å². The fraction of sp³-hybridized carbons (Fsp3) is 0.0909. The van der Waals surface area contributed by atoms with Crippen LogP contribution in [-0.2, 0) is 0 Å². The van der Waals surface area contributed by atoms with Crippen molar-refractivity contribution < 1.29 is 13.6 Å². The molecular weight excluding hydrogens is 292 g/mol. The predicted molar refractivity (Wildman–Crippen MR) is 72.8 cm³/mol. The second-order valence-corrected chi connectivity index (χ2v) is 5.32. The molecule has 3 N–H and O–H groups in total. The lowest BCUT2D eigenvalue weighted by Crippen LogP contribution is -2.13. The van der Waals surface area contributed by atoms with E-state index >= 15 is 0 Å². The number of anilines is 2. The van der Waals surface area contributed by atoms with E-state index in [0.717, 1.165) is 11.3 Å². The molecule has 1 aromatic heterocycles. The molecule has 8 heteroatoms. The van der Waals surface area contributed by atoms with Gasteiger partial charge in [0.05, 0.1) is 5.69 Å². The summed E-state index contributed by atoms with van der Waals surface area (Å²) in [4.78, 5) is 16.0. The molecular formula is C11H9F2N3OS2. The summed E-state index contributed by atoms with van der Waals surface area (Å²) in [6, 6.07) is 6.35. The number of thioether (sulfide) groups is 1. The maximum absolute atomic E-state index is 12.4. The minimum absolute atomic E-state index is 0.166. The van der Waals surface area contributed by atoms with Crippen LogP contribution < -0.4 is 11.1 Å². The molecule has 19 heavy (non-hydrogen) atoms. The van der Waals surface area contributed by atoms with Crippen LogP contribution >= 0.6 is 23.1 Å². The van der Waals surface area contributed by atoms with E-state index in [1.165, 1.54) is 11.4 Å². The van der Waals surface area contributed by atoms with Crippen LogP contribution in [0.4, 0.5) is 19.6 Å². The number of alkyl halides is 2. The third-order valence-electron chi connectivity index (χ3n) is 2.11. The van der Waals surface area contributed by atoms with Gasteiger partial charge in [-0.1, -0.05) is 23.9 Å². The summed E-state index contributed by atoms with van der Waals surface area (Å²) in [6.45, 7) is 0. The van der Waals surface area contributed by atoms with Gasteiger partial charge in [-0.2, -0.15) is 8.78 Å². The predicted octanol–water partition coefficient (Wildman–Crippen LogP) is 3.29. The Morgan fingerprint density at radius 2 is 2.16 bits per heavy atom. The summed E-state index contributed by atoms with van der Waals surface area (Å²) in [6.07, 6.45) is 0. The van der Waals surface area contributed by atoms with Crippen molar-refractivity contribution in [1.29, 1.82) is 0 Å². The minimum atomic E-state index is -2.55. The Bertz CT molecular complexity index is 589. The van der Waals surface area contributed by atoms with Gasteiger partial charge in [0.25, 0.3) is 11.7 Å². The van der Waals surface area contributed by atoms with Crippen molar-refractivity contribution in [3.8, 4) is 0 Å². The van der Waals surface area contributed by atoms with Crippen molar-refractivity contribution in [2.45, 2.75) is 10.7 Å². The summed E-state index contributed by atoms with van der Waals surface area (Å²) in [7, 11) is 0. The van der Waals surface area contributed by atoms with Crippen molar-refractivity contribution in [3.05, 3.63) is 35.3 Å². The first-order valence-electron chi connectivity index (χ1n) is 5.12.